The van der Waals surface area contributed by atoms with E-state index in [-0.39, 0.29) is 11.4 Å². The standard InChI is InChI=1S/C17H13F3N2O/c18-17(19,20)14-8-4-7-13(11-14)16-21-15(23-22-16)10-9-12-5-2-1-3-6-12/h1-8,11H,9-10H2. The van der Waals surface area contributed by atoms with Crippen molar-refractivity contribution < 1.29 is 17.7 Å². The molecule has 2 aromatic carbocycles. The molecule has 1 heterocycles. The Bertz CT molecular complexity index is 782. The van der Waals surface area contributed by atoms with E-state index in [1.54, 1.807) is 0 Å². The predicted octanol–water partition coefficient (Wildman–Crippen LogP) is 4.54. The summed E-state index contributed by atoms with van der Waals surface area (Å²) >= 11 is 0. The minimum Gasteiger partial charge on any atom is -0.339 e. The molecule has 3 rings (SSSR count). The highest BCUT2D eigenvalue weighted by Crippen LogP contribution is 2.31. The van der Waals surface area contributed by atoms with Gasteiger partial charge in [-0.3, -0.25) is 0 Å². The molecular weight excluding hydrogens is 305 g/mol. The van der Waals surface area contributed by atoms with Crippen molar-refractivity contribution in [3.63, 3.8) is 0 Å². The predicted molar refractivity (Wildman–Crippen MR) is 78.6 cm³/mol. The van der Waals surface area contributed by atoms with E-state index >= 15 is 0 Å². The molecule has 118 valence electrons. The molecule has 3 nitrogen and oxygen atoms in total. The first kappa shape index (κ1) is 15.3. The summed E-state index contributed by atoms with van der Waals surface area (Å²) in [5, 5.41) is 3.77. The van der Waals surface area contributed by atoms with Gasteiger partial charge in [0.15, 0.2) is 0 Å². The quantitative estimate of drug-likeness (QED) is 0.709. The van der Waals surface area contributed by atoms with Crippen LogP contribution in [0.5, 0.6) is 0 Å². The van der Waals surface area contributed by atoms with Crippen molar-refractivity contribution in [2.75, 3.05) is 0 Å². The van der Waals surface area contributed by atoms with E-state index in [2.05, 4.69) is 10.1 Å². The van der Waals surface area contributed by atoms with Gasteiger partial charge in [-0.05, 0) is 24.1 Å². The van der Waals surface area contributed by atoms with Gasteiger partial charge in [0.05, 0.1) is 5.56 Å². The molecule has 0 aliphatic rings. The molecule has 0 unspecified atom stereocenters. The Labute approximate surface area is 130 Å². The number of hydrogen-bond acceptors (Lipinski definition) is 3. The van der Waals surface area contributed by atoms with E-state index < -0.39 is 11.7 Å². The zero-order chi connectivity index (χ0) is 16.3. The first-order valence-electron chi connectivity index (χ1n) is 7.06. The molecule has 0 amide bonds. The summed E-state index contributed by atoms with van der Waals surface area (Å²) in [6.45, 7) is 0. The highest BCUT2D eigenvalue weighted by molar-refractivity contribution is 5.55. The monoisotopic (exact) mass is 318 g/mol. The lowest BCUT2D eigenvalue weighted by Gasteiger charge is -2.06. The molecule has 0 radical (unpaired) electrons. The number of aryl methyl sites for hydroxylation is 2. The van der Waals surface area contributed by atoms with E-state index in [4.69, 9.17) is 4.52 Å². The average Bonchev–Trinajstić information content (AvgIpc) is 3.02. The number of benzene rings is 2. The van der Waals surface area contributed by atoms with Crippen molar-refractivity contribution in [3.05, 3.63) is 71.6 Å². The van der Waals surface area contributed by atoms with E-state index in [0.717, 1.165) is 24.1 Å². The van der Waals surface area contributed by atoms with Gasteiger partial charge in [0.2, 0.25) is 11.7 Å². The fraction of sp³-hybridized carbons (Fsp3) is 0.176. The van der Waals surface area contributed by atoms with Gasteiger partial charge < -0.3 is 4.52 Å². The van der Waals surface area contributed by atoms with Crippen LogP contribution in [0.4, 0.5) is 13.2 Å². The maximum absolute atomic E-state index is 12.7. The number of alkyl halides is 3. The Morgan fingerprint density at radius 2 is 1.70 bits per heavy atom. The van der Waals surface area contributed by atoms with Crippen molar-refractivity contribution in [1.29, 1.82) is 0 Å². The van der Waals surface area contributed by atoms with Crippen LogP contribution in [0.25, 0.3) is 11.4 Å². The molecule has 0 aliphatic heterocycles. The van der Waals surface area contributed by atoms with Crippen LogP contribution in [0.15, 0.2) is 59.1 Å². The van der Waals surface area contributed by atoms with E-state index in [9.17, 15) is 13.2 Å². The van der Waals surface area contributed by atoms with Crippen LogP contribution in [0.1, 0.15) is 17.0 Å². The lowest BCUT2D eigenvalue weighted by atomic mass is 10.1. The Morgan fingerprint density at radius 1 is 0.913 bits per heavy atom. The van der Waals surface area contributed by atoms with Crippen molar-refractivity contribution in [2.45, 2.75) is 19.0 Å². The summed E-state index contributed by atoms with van der Waals surface area (Å²) in [5.41, 5.74) is 0.687. The third kappa shape index (κ3) is 3.77. The second kappa shape index (κ2) is 6.24. The second-order valence-corrected chi connectivity index (χ2v) is 5.08. The SMILES string of the molecule is FC(F)(F)c1cccc(-c2noc(CCc3ccccc3)n2)c1. The minimum atomic E-state index is -4.39. The minimum absolute atomic E-state index is 0.166. The van der Waals surface area contributed by atoms with Crippen LogP contribution >= 0.6 is 0 Å². The van der Waals surface area contributed by atoms with Crippen LogP contribution in [0.3, 0.4) is 0 Å². The summed E-state index contributed by atoms with van der Waals surface area (Å²) in [5.74, 6) is 0.570. The van der Waals surface area contributed by atoms with E-state index in [1.807, 2.05) is 30.3 Å². The highest BCUT2D eigenvalue weighted by atomic mass is 19.4. The smallest absolute Gasteiger partial charge is 0.339 e. The normalized spacial score (nSPS) is 11.6. The molecule has 23 heavy (non-hydrogen) atoms. The number of aromatic nitrogens is 2. The second-order valence-electron chi connectivity index (χ2n) is 5.08. The van der Waals surface area contributed by atoms with Crippen LogP contribution in [0, 0.1) is 0 Å². The van der Waals surface area contributed by atoms with Crippen LogP contribution in [-0.4, -0.2) is 10.1 Å². The van der Waals surface area contributed by atoms with Gasteiger partial charge in [0.25, 0.3) is 0 Å². The molecule has 3 aromatic rings. The summed E-state index contributed by atoms with van der Waals surface area (Å²) in [6.07, 6.45) is -3.13. The molecule has 0 spiro atoms. The number of rotatable bonds is 4. The molecular formula is C17H13F3N2O. The van der Waals surface area contributed by atoms with Gasteiger partial charge >= 0.3 is 6.18 Å². The van der Waals surface area contributed by atoms with Crippen LogP contribution in [0.2, 0.25) is 0 Å². The number of nitrogens with zero attached hydrogens (tertiary/aromatic N) is 2. The van der Waals surface area contributed by atoms with Crippen molar-refractivity contribution in [2.24, 2.45) is 0 Å². The average molecular weight is 318 g/mol. The maximum atomic E-state index is 12.7. The molecule has 0 N–H and O–H groups in total. The number of halogens is 3. The van der Waals surface area contributed by atoms with Gasteiger partial charge in [-0.1, -0.05) is 47.6 Å². The fourth-order valence-electron chi connectivity index (χ4n) is 2.20. The first-order chi connectivity index (χ1) is 11.0. The Kier molecular flexibility index (Phi) is 4.14. The summed E-state index contributed by atoms with van der Waals surface area (Å²) in [6, 6.07) is 14.7. The summed E-state index contributed by atoms with van der Waals surface area (Å²) in [7, 11) is 0. The zero-order valence-electron chi connectivity index (χ0n) is 12.0. The molecule has 0 atom stereocenters. The molecule has 0 fully saturated rings. The lowest BCUT2D eigenvalue weighted by molar-refractivity contribution is -0.137. The van der Waals surface area contributed by atoms with Gasteiger partial charge in [-0.15, -0.1) is 0 Å². The Balaban J connectivity index is 1.74. The van der Waals surface area contributed by atoms with E-state index in [1.165, 1.54) is 12.1 Å². The topological polar surface area (TPSA) is 38.9 Å². The number of hydrogen-bond donors (Lipinski definition) is 0. The maximum Gasteiger partial charge on any atom is 0.416 e. The molecule has 0 aliphatic carbocycles. The van der Waals surface area contributed by atoms with Crippen LogP contribution < -0.4 is 0 Å². The summed E-state index contributed by atoms with van der Waals surface area (Å²) < 4.78 is 43.3. The third-order valence-electron chi connectivity index (χ3n) is 3.39. The molecule has 1 aromatic heterocycles. The highest BCUT2D eigenvalue weighted by Gasteiger charge is 2.30. The van der Waals surface area contributed by atoms with Crippen molar-refractivity contribution in [3.8, 4) is 11.4 Å². The molecule has 6 heteroatoms. The summed E-state index contributed by atoms with van der Waals surface area (Å²) in [4.78, 5) is 4.17. The fourth-order valence-corrected chi connectivity index (χ4v) is 2.20. The molecule has 0 saturated carbocycles. The van der Waals surface area contributed by atoms with Gasteiger partial charge in [0, 0.05) is 12.0 Å². The lowest BCUT2D eigenvalue weighted by Crippen LogP contribution is -2.04. The van der Waals surface area contributed by atoms with Crippen molar-refractivity contribution in [1.82, 2.24) is 10.1 Å². The molecule has 0 bridgehead atoms. The van der Waals surface area contributed by atoms with Gasteiger partial charge in [0.1, 0.15) is 0 Å². The first-order valence-corrected chi connectivity index (χ1v) is 7.06. The zero-order valence-corrected chi connectivity index (χ0v) is 12.0. The third-order valence-corrected chi connectivity index (χ3v) is 3.39. The van der Waals surface area contributed by atoms with Crippen molar-refractivity contribution >= 4 is 0 Å². The van der Waals surface area contributed by atoms with E-state index in [0.29, 0.717) is 12.3 Å². The largest absolute Gasteiger partial charge is 0.416 e. The molecule has 0 saturated heterocycles. The Morgan fingerprint density at radius 3 is 2.43 bits per heavy atom. The Hall–Kier alpha value is -2.63. The van der Waals surface area contributed by atoms with Gasteiger partial charge in [-0.25, -0.2) is 0 Å². The van der Waals surface area contributed by atoms with Crippen LogP contribution in [-0.2, 0) is 19.0 Å². The van der Waals surface area contributed by atoms with Gasteiger partial charge in [-0.2, -0.15) is 18.2 Å².